The lowest BCUT2D eigenvalue weighted by Crippen LogP contribution is -2.40. The summed E-state index contributed by atoms with van der Waals surface area (Å²) in [6.07, 6.45) is 2.08. The van der Waals surface area contributed by atoms with E-state index in [0.717, 1.165) is 23.1 Å². The molecule has 3 aromatic carbocycles. The third-order valence-corrected chi connectivity index (χ3v) is 5.67. The van der Waals surface area contributed by atoms with Gasteiger partial charge in [0.1, 0.15) is 6.54 Å². The summed E-state index contributed by atoms with van der Waals surface area (Å²) in [5.74, 6) is -1.24. The SMILES string of the molecule is O=C(O)CN(C(=O)C(CS)CCc1ccccc1)c1cccc(Cc2ccccc2)c1. The number of carbonyl (C=O) groups excluding carboxylic acids is 1. The average molecular weight is 434 g/mol. The first-order valence-electron chi connectivity index (χ1n) is 10.4. The van der Waals surface area contributed by atoms with Crippen LogP contribution in [0.15, 0.2) is 84.9 Å². The summed E-state index contributed by atoms with van der Waals surface area (Å²) in [6.45, 7) is -0.372. The minimum Gasteiger partial charge on any atom is -0.480 e. The smallest absolute Gasteiger partial charge is 0.323 e. The Hall–Kier alpha value is -3.05. The molecule has 5 heteroatoms. The molecule has 0 aromatic heterocycles. The van der Waals surface area contributed by atoms with Crippen molar-refractivity contribution in [1.29, 1.82) is 0 Å². The Labute approximate surface area is 188 Å². The number of carboxylic acid groups (broad SMARTS) is 1. The van der Waals surface area contributed by atoms with Gasteiger partial charge in [0.25, 0.3) is 0 Å². The van der Waals surface area contributed by atoms with Gasteiger partial charge in [0.2, 0.25) is 5.91 Å². The summed E-state index contributed by atoms with van der Waals surface area (Å²) in [4.78, 5) is 26.2. The Kier molecular flexibility index (Phi) is 8.30. The van der Waals surface area contributed by atoms with Crippen LogP contribution in [0.4, 0.5) is 5.69 Å². The zero-order chi connectivity index (χ0) is 22.1. The molecule has 0 bridgehead atoms. The van der Waals surface area contributed by atoms with Crippen molar-refractivity contribution < 1.29 is 14.7 Å². The van der Waals surface area contributed by atoms with E-state index in [1.165, 1.54) is 4.90 Å². The highest BCUT2D eigenvalue weighted by atomic mass is 32.1. The number of thiol groups is 1. The highest BCUT2D eigenvalue weighted by Gasteiger charge is 2.26. The highest BCUT2D eigenvalue weighted by Crippen LogP contribution is 2.23. The van der Waals surface area contributed by atoms with Crippen LogP contribution in [-0.2, 0) is 22.4 Å². The lowest BCUT2D eigenvalue weighted by atomic mass is 9.98. The molecule has 0 radical (unpaired) electrons. The largest absolute Gasteiger partial charge is 0.480 e. The molecule has 160 valence electrons. The van der Waals surface area contributed by atoms with Crippen LogP contribution < -0.4 is 4.90 Å². The molecule has 0 aliphatic carbocycles. The first kappa shape index (κ1) is 22.6. The van der Waals surface area contributed by atoms with E-state index < -0.39 is 5.97 Å². The maximum atomic E-state index is 13.3. The van der Waals surface area contributed by atoms with Crippen LogP contribution in [0.2, 0.25) is 0 Å². The van der Waals surface area contributed by atoms with Crippen LogP contribution in [-0.4, -0.2) is 29.3 Å². The number of aryl methyl sites for hydroxylation is 1. The fourth-order valence-corrected chi connectivity index (χ4v) is 3.94. The minimum atomic E-state index is -1.04. The molecular formula is C26H27NO3S. The number of rotatable bonds is 10. The molecular weight excluding hydrogens is 406 g/mol. The number of benzene rings is 3. The monoisotopic (exact) mass is 433 g/mol. The minimum absolute atomic E-state index is 0.204. The van der Waals surface area contributed by atoms with Gasteiger partial charge >= 0.3 is 5.97 Å². The summed E-state index contributed by atoms with van der Waals surface area (Å²) >= 11 is 4.39. The highest BCUT2D eigenvalue weighted by molar-refractivity contribution is 7.80. The third kappa shape index (κ3) is 6.72. The number of carbonyl (C=O) groups is 2. The second-order valence-electron chi connectivity index (χ2n) is 7.55. The van der Waals surface area contributed by atoms with E-state index in [0.29, 0.717) is 24.3 Å². The molecule has 0 aliphatic rings. The number of carboxylic acids is 1. The second-order valence-corrected chi connectivity index (χ2v) is 7.92. The fraction of sp³-hybridized carbons (Fsp3) is 0.231. The van der Waals surface area contributed by atoms with E-state index in [1.54, 1.807) is 6.07 Å². The van der Waals surface area contributed by atoms with Gasteiger partial charge in [-0.05, 0) is 48.1 Å². The topological polar surface area (TPSA) is 57.6 Å². The Morgan fingerprint density at radius 1 is 0.839 bits per heavy atom. The van der Waals surface area contributed by atoms with Crippen molar-refractivity contribution in [1.82, 2.24) is 0 Å². The van der Waals surface area contributed by atoms with Gasteiger partial charge in [-0.3, -0.25) is 9.59 Å². The van der Waals surface area contributed by atoms with Crippen LogP contribution in [0.3, 0.4) is 0 Å². The zero-order valence-corrected chi connectivity index (χ0v) is 18.2. The van der Waals surface area contributed by atoms with Gasteiger partial charge in [0, 0.05) is 17.4 Å². The van der Waals surface area contributed by atoms with Crippen LogP contribution in [0.25, 0.3) is 0 Å². The molecule has 0 fully saturated rings. The van der Waals surface area contributed by atoms with Crippen LogP contribution in [0.1, 0.15) is 23.1 Å². The van der Waals surface area contributed by atoms with Gasteiger partial charge in [-0.15, -0.1) is 0 Å². The van der Waals surface area contributed by atoms with E-state index >= 15 is 0 Å². The molecule has 3 aromatic rings. The molecule has 31 heavy (non-hydrogen) atoms. The summed E-state index contributed by atoms with van der Waals surface area (Å²) < 4.78 is 0. The lowest BCUT2D eigenvalue weighted by molar-refractivity contribution is -0.137. The molecule has 4 nitrogen and oxygen atoms in total. The zero-order valence-electron chi connectivity index (χ0n) is 17.4. The second kappa shape index (κ2) is 11.4. The third-order valence-electron chi connectivity index (χ3n) is 5.23. The maximum Gasteiger partial charge on any atom is 0.323 e. The fourth-order valence-electron chi connectivity index (χ4n) is 3.60. The van der Waals surface area contributed by atoms with Gasteiger partial charge in [-0.25, -0.2) is 0 Å². The van der Waals surface area contributed by atoms with Gasteiger partial charge in [-0.1, -0.05) is 72.8 Å². The summed E-state index contributed by atoms with van der Waals surface area (Å²) in [5.41, 5.74) is 3.94. The molecule has 3 rings (SSSR count). The summed E-state index contributed by atoms with van der Waals surface area (Å²) in [5, 5.41) is 9.45. The van der Waals surface area contributed by atoms with Crippen molar-refractivity contribution in [3.8, 4) is 0 Å². The number of hydrogen-bond acceptors (Lipinski definition) is 3. The van der Waals surface area contributed by atoms with E-state index in [4.69, 9.17) is 0 Å². The molecule has 0 aliphatic heterocycles. The lowest BCUT2D eigenvalue weighted by Gasteiger charge is -2.26. The number of hydrogen-bond donors (Lipinski definition) is 2. The van der Waals surface area contributed by atoms with Crippen LogP contribution in [0.5, 0.6) is 0 Å². The average Bonchev–Trinajstić information content (AvgIpc) is 2.79. The molecule has 0 saturated carbocycles. The first-order chi connectivity index (χ1) is 15.1. The van der Waals surface area contributed by atoms with Crippen molar-refractivity contribution in [2.75, 3.05) is 17.2 Å². The Morgan fingerprint density at radius 3 is 2.06 bits per heavy atom. The van der Waals surface area contributed by atoms with Crippen molar-refractivity contribution in [3.63, 3.8) is 0 Å². The van der Waals surface area contributed by atoms with Crippen LogP contribution in [0, 0.1) is 5.92 Å². The predicted molar refractivity (Wildman–Crippen MR) is 128 cm³/mol. The quantitative estimate of drug-likeness (QED) is 0.448. The van der Waals surface area contributed by atoms with E-state index in [9.17, 15) is 14.7 Å². The van der Waals surface area contributed by atoms with Crippen molar-refractivity contribution >= 4 is 30.2 Å². The molecule has 1 unspecified atom stereocenters. The number of aliphatic carboxylic acids is 1. The summed E-state index contributed by atoms with van der Waals surface area (Å²) in [7, 11) is 0. The number of anilines is 1. The van der Waals surface area contributed by atoms with Crippen molar-refractivity contribution in [3.05, 3.63) is 102 Å². The number of nitrogens with zero attached hydrogens (tertiary/aromatic N) is 1. The van der Waals surface area contributed by atoms with Gasteiger partial charge < -0.3 is 10.0 Å². The molecule has 0 heterocycles. The molecule has 1 N–H and O–H groups in total. The molecule has 1 amide bonds. The Bertz CT molecular complexity index is 992. The Balaban J connectivity index is 1.79. The molecule has 0 spiro atoms. The van der Waals surface area contributed by atoms with Crippen molar-refractivity contribution in [2.45, 2.75) is 19.3 Å². The van der Waals surface area contributed by atoms with E-state index in [1.807, 2.05) is 78.9 Å². The van der Waals surface area contributed by atoms with Gasteiger partial charge in [0.15, 0.2) is 0 Å². The molecule has 0 saturated heterocycles. The van der Waals surface area contributed by atoms with Crippen molar-refractivity contribution in [2.24, 2.45) is 5.92 Å². The standard InChI is InChI=1S/C26H27NO3S/c28-25(29)18-27(26(30)23(19-31)15-14-20-8-3-1-4-9-20)24-13-7-12-22(17-24)16-21-10-5-2-6-11-21/h1-13,17,23,31H,14-16,18-19H2,(H,28,29). The van der Waals surface area contributed by atoms with E-state index in [2.05, 4.69) is 12.6 Å². The Morgan fingerprint density at radius 2 is 1.45 bits per heavy atom. The van der Waals surface area contributed by atoms with Gasteiger partial charge in [0.05, 0.1) is 0 Å². The van der Waals surface area contributed by atoms with Crippen LogP contribution >= 0.6 is 12.6 Å². The van der Waals surface area contributed by atoms with E-state index in [-0.39, 0.29) is 18.4 Å². The first-order valence-corrected chi connectivity index (χ1v) is 11.0. The predicted octanol–water partition coefficient (Wildman–Crippen LogP) is 4.87. The number of amides is 1. The van der Waals surface area contributed by atoms with Gasteiger partial charge in [-0.2, -0.15) is 12.6 Å². The normalized spacial score (nSPS) is 11.6. The summed E-state index contributed by atoms with van der Waals surface area (Å²) in [6, 6.07) is 27.6. The maximum absolute atomic E-state index is 13.3. The molecule has 1 atom stereocenters.